The summed E-state index contributed by atoms with van der Waals surface area (Å²) in [6, 6.07) is 5.25. The number of fused-ring (bicyclic) bond motifs is 1. The van der Waals surface area contributed by atoms with E-state index in [4.69, 9.17) is 13.9 Å². The van der Waals surface area contributed by atoms with Gasteiger partial charge in [0.25, 0.3) is 0 Å². The number of phenols is 4. The maximum Gasteiger partial charge on any atom is 0.239 e. The van der Waals surface area contributed by atoms with Gasteiger partial charge in [0, 0.05) is 18.2 Å². The molecule has 8 N–H and O–H groups in total. The molecule has 1 aliphatic rings. The van der Waals surface area contributed by atoms with E-state index in [0.29, 0.717) is 0 Å². The second kappa shape index (κ2) is 8.42. The Kier molecular flexibility index (Phi) is 5.78. The van der Waals surface area contributed by atoms with E-state index in [-0.39, 0.29) is 16.9 Å². The Morgan fingerprint density at radius 1 is 0.879 bits per heavy atom. The van der Waals surface area contributed by atoms with Gasteiger partial charge in [-0.15, -0.1) is 0 Å². The number of ether oxygens (including phenoxy) is 2. The van der Waals surface area contributed by atoms with Gasteiger partial charge in [0.05, 0.1) is 12.2 Å². The summed E-state index contributed by atoms with van der Waals surface area (Å²) in [5, 5.41) is 79.0. The number of aromatic hydroxyl groups is 4. The summed E-state index contributed by atoms with van der Waals surface area (Å²) in [4.78, 5) is 13.3. The molecular formula is C21H20O12. The van der Waals surface area contributed by atoms with E-state index >= 15 is 0 Å². The monoisotopic (exact) mass is 464 g/mol. The Balaban J connectivity index is 1.92. The van der Waals surface area contributed by atoms with Crippen LogP contribution in [0, 0.1) is 0 Å². The molecule has 1 aromatic heterocycles. The minimum absolute atomic E-state index is 0.144. The molecule has 1 saturated heterocycles. The highest BCUT2D eigenvalue weighted by Crippen LogP contribution is 2.40. The average molecular weight is 464 g/mol. The van der Waals surface area contributed by atoms with E-state index in [9.17, 15) is 45.6 Å². The lowest BCUT2D eigenvalue weighted by Gasteiger charge is -2.39. The molecule has 4 rings (SSSR count). The second-order valence-electron chi connectivity index (χ2n) is 7.44. The molecule has 2 aromatic carbocycles. The highest BCUT2D eigenvalue weighted by Gasteiger charge is 2.45. The summed E-state index contributed by atoms with van der Waals surface area (Å²) in [7, 11) is 0. The summed E-state index contributed by atoms with van der Waals surface area (Å²) >= 11 is 0. The molecule has 176 valence electrons. The normalized spacial score (nSPS) is 25.3. The molecule has 0 bridgehead atoms. The molecule has 12 nitrogen and oxygen atoms in total. The van der Waals surface area contributed by atoms with E-state index in [1.165, 1.54) is 12.1 Å². The Morgan fingerprint density at radius 3 is 2.24 bits per heavy atom. The first-order chi connectivity index (χ1) is 15.6. The number of rotatable bonds is 4. The van der Waals surface area contributed by atoms with Crippen LogP contribution in [0.2, 0.25) is 0 Å². The van der Waals surface area contributed by atoms with Crippen LogP contribution in [-0.2, 0) is 4.74 Å². The second-order valence-corrected chi connectivity index (χ2v) is 7.44. The number of aliphatic hydroxyl groups is 4. The number of aliphatic hydroxyl groups excluding tert-OH is 4. The highest BCUT2D eigenvalue weighted by molar-refractivity contribution is 5.88. The number of phenolic OH excluding ortho intramolecular Hbond substituents is 4. The van der Waals surface area contributed by atoms with E-state index in [1.54, 1.807) is 0 Å². The molecule has 0 aliphatic carbocycles. The van der Waals surface area contributed by atoms with Gasteiger partial charge in [-0.1, -0.05) is 0 Å². The van der Waals surface area contributed by atoms with Gasteiger partial charge in [0.1, 0.15) is 58.4 Å². The summed E-state index contributed by atoms with van der Waals surface area (Å²) in [5.74, 6) is -3.00. The first-order valence-corrected chi connectivity index (χ1v) is 9.64. The minimum atomic E-state index is -1.87. The molecule has 0 saturated carbocycles. The topological polar surface area (TPSA) is 211 Å². The molecular weight excluding hydrogens is 444 g/mol. The van der Waals surface area contributed by atoms with Gasteiger partial charge in [-0.3, -0.25) is 4.79 Å². The van der Waals surface area contributed by atoms with Crippen LogP contribution in [0.15, 0.2) is 39.5 Å². The van der Waals surface area contributed by atoms with Crippen LogP contribution in [0.1, 0.15) is 0 Å². The number of hydrogen-bond donors (Lipinski definition) is 8. The molecule has 5 atom stereocenters. The predicted molar refractivity (Wildman–Crippen MR) is 109 cm³/mol. The van der Waals surface area contributed by atoms with Gasteiger partial charge in [-0.05, 0) is 12.1 Å². The third-order valence-corrected chi connectivity index (χ3v) is 5.23. The molecule has 0 unspecified atom stereocenters. The fourth-order valence-electron chi connectivity index (χ4n) is 3.55. The largest absolute Gasteiger partial charge is 0.508 e. The van der Waals surface area contributed by atoms with Crippen LogP contribution < -0.4 is 10.2 Å². The fourth-order valence-corrected chi connectivity index (χ4v) is 3.55. The molecule has 2 heterocycles. The van der Waals surface area contributed by atoms with Crippen molar-refractivity contribution in [3.05, 3.63) is 40.6 Å². The van der Waals surface area contributed by atoms with Crippen LogP contribution in [0.25, 0.3) is 22.3 Å². The molecule has 33 heavy (non-hydrogen) atoms. The van der Waals surface area contributed by atoms with Crippen molar-refractivity contribution in [3.63, 3.8) is 0 Å². The van der Waals surface area contributed by atoms with Gasteiger partial charge in [0.2, 0.25) is 17.5 Å². The molecule has 0 amide bonds. The maximum atomic E-state index is 13.3. The third kappa shape index (κ3) is 3.90. The number of hydrogen-bond acceptors (Lipinski definition) is 12. The summed E-state index contributed by atoms with van der Waals surface area (Å²) in [5.41, 5.74) is -1.41. The van der Waals surface area contributed by atoms with Crippen molar-refractivity contribution in [1.29, 1.82) is 0 Å². The Morgan fingerprint density at radius 2 is 1.58 bits per heavy atom. The Bertz CT molecular complexity index is 1250. The average Bonchev–Trinajstić information content (AvgIpc) is 2.75. The molecule has 1 aliphatic heterocycles. The first kappa shape index (κ1) is 22.6. The fraction of sp³-hybridized carbons (Fsp3) is 0.286. The summed E-state index contributed by atoms with van der Waals surface area (Å²) in [6.07, 6.45) is -8.46. The lowest BCUT2D eigenvalue weighted by molar-refractivity contribution is -0.277. The van der Waals surface area contributed by atoms with Crippen molar-refractivity contribution >= 4 is 11.0 Å². The van der Waals surface area contributed by atoms with Crippen molar-refractivity contribution in [1.82, 2.24) is 0 Å². The van der Waals surface area contributed by atoms with Crippen LogP contribution in [-0.4, -0.2) is 78.2 Å². The molecule has 0 spiro atoms. The van der Waals surface area contributed by atoms with E-state index in [0.717, 1.165) is 18.2 Å². The smallest absolute Gasteiger partial charge is 0.239 e. The molecule has 12 heteroatoms. The molecule has 3 aromatic rings. The van der Waals surface area contributed by atoms with E-state index < -0.39 is 76.9 Å². The summed E-state index contributed by atoms with van der Waals surface area (Å²) < 4.78 is 16.4. The highest BCUT2D eigenvalue weighted by atomic mass is 16.7. The van der Waals surface area contributed by atoms with Gasteiger partial charge >= 0.3 is 0 Å². The van der Waals surface area contributed by atoms with Crippen molar-refractivity contribution in [2.24, 2.45) is 0 Å². The Labute approximate surface area is 184 Å². The van der Waals surface area contributed by atoms with Crippen molar-refractivity contribution in [2.45, 2.75) is 30.7 Å². The van der Waals surface area contributed by atoms with E-state index in [1.807, 2.05) is 0 Å². The van der Waals surface area contributed by atoms with Gasteiger partial charge in [-0.2, -0.15) is 0 Å². The quantitative estimate of drug-likeness (QED) is 0.245. The van der Waals surface area contributed by atoms with Crippen molar-refractivity contribution in [3.8, 4) is 40.1 Å². The Hall–Kier alpha value is -3.55. The van der Waals surface area contributed by atoms with Crippen molar-refractivity contribution in [2.75, 3.05) is 6.61 Å². The van der Waals surface area contributed by atoms with Crippen LogP contribution in [0.4, 0.5) is 0 Å². The predicted octanol–water partition coefficient (Wildman–Crippen LogP) is -0.539. The molecule has 0 radical (unpaired) electrons. The van der Waals surface area contributed by atoms with Gasteiger partial charge < -0.3 is 54.7 Å². The van der Waals surface area contributed by atoms with E-state index in [2.05, 4.69) is 0 Å². The van der Waals surface area contributed by atoms with Gasteiger partial charge in [-0.25, -0.2) is 0 Å². The summed E-state index contributed by atoms with van der Waals surface area (Å²) in [6.45, 7) is -0.747. The third-order valence-electron chi connectivity index (χ3n) is 5.23. The van der Waals surface area contributed by atoms with Crippen molar-refractivity contribution < 1.29 is 54.7 Å². The maximum absolute atomic E-state index is 13.3. The van der Waals surface area contributed by atoms with Crippen LogP contribution in [0.3, 0.4) is 0 Å². The van der Waals surface area contributed by atoms with Crippen LogP contribution >= 0.6 is 0 Å². The molecule has 1 fully saturated rings. The lowest BCUT2D eigenvalue weighted by Crippen LogP contribution is -2.60. The zero-order valence-corrected chi connectivity index (χ0v) is 16.7. The first-order valence-electron chi connectivity index (χ1n) is 9.64. The minimum Gasteiger partial charge on any atom is -0.508 e. The standard InChI is InChI=1S/C21H20O12/c22-6-13-15(27)17(29)18(30)21(32-13)33-20-16(28)14-11(26)4-8(24)5-12(14)31-19(20)9-2-1-7(23)3-10(9)25/h1-5,13,15,17-18,21-27,29-30H,6H2/t13-,15-,17+,18-,21+/m1/s1. The SMILES string of the molecule is O=c1c(O[C@@H]2O[C@H](CO)[C@@H](O)[C@H](O)[C@H]2O)c(-c2ccc(O)cc2O)oc2cc(O)cc(O)c12. The van der Waals surface area contributed by atoms with Crippen LogP contribution in [0.5, 0.6) is 28.7 Å². The number of benzene rings is 2. The zero-order chi connectivity index (χ0) is 24.0. The van der Waals surface area contributed by atoms with Gasteiger partial charge in [0.15, 0.2) is 5.76 Å². The zero-order valence-electron chi connectivity index (χ0n) is 16.7. The lowest BCUT2D eigenvalue weighted by atomic mass is 9.99.